The zero-order valence-corrected chi connectivity index (χ0v) is 10.0. The molecule has 0 spiro atoms. The first-order valence-electron chi connectivity index (χ1n) is 5.73. The molecule has 1 aliphatic heterocycles. The molecule has 2 amide bonds. The van der Waals surface area contributed by atoms with Gasteiger partial charge in [-0.3, -0.25) is 4.90 Å². The highest BCUT2D eigenvalue weighted by Gasteiger charge is 2.24. The third-order valence-electron chi connectivity index (χ3n) is 2.96. The summed E-state index contributed by atoms with van der Waals surface area (Å²) in [7, 11) is 0. The van der Waals surface area contributed by atoms with E-state index in [1.807, 2.05) is 13.0 Å². The highest BCUT2D eigenvalue weighted by Crippen LogP contribution is 2.22. The molecule has 0 saturated carbocycles. The van der Waals surface area contributed by atoms with Gasteiger partial charge in [0.05, 0.1) is 5.69 Å². The Morgan fingerprint density at radius 1 is 1.44 bits per heavy atom. The van der Waals surface area contributed by atoms with Crippen LogP contribution in [0.2, 0.25) is 0 Å². The van der Waals surface area contributed by atoms with E-state index in [0.717, 1.165) is 29.0 Å². The molecule has 2 aromatic heterocycles. The van der Waals surface area contributed by atoms with Gasteiger partial charge in [-0.05, 0) is 13.0 Å². The first kappa shape index (κ1) is 10.8. The summed E-state index contributed by atoms with van der Waals surface area (Å²) in [5, 5.41) is 2.71. The Hall–Kier alpha value is -2.37. The summed E-state index contributed by atoms with van der Waals surface area (Å²) in [5.41, 5.74) is 2.96. The Morgan fingerprint density at radius 3 is 3.06 bits per heavy atom. The van der Waals surface area contributed by atoms with Crippen LogP contribution >= 0.6 is 0 Å². The van der Waals surface area contributed by atoms with Crippen molar-refractivity contribution in [2.24, 2.45) is 0 Å². The molecule has 92 valence electrons. The maximum atomic E-state index is 11.9. The fourth-order valence-electron chi connectivity index (χ4n) is 2.03. The van der Waals surface area contributed by atoms with E-state index in [9.17, 15) is 4.79 Å². The number of H-pyrrole nitrogens is 1. The number of nitrogens with one attached hydrogen (secondary N) is 2. The van der Waals surface area contributed by atoms with Gasteiger partial charge in [0.2, 0.25) is 0 Å². The minimum atomic E-state index is -0.196. The molecule has 0 radical (unpaired) electrons. The fourth-order valence-corrected chi connectivity index (χ4v) is 2.03. The number of carbonyl (C=O) groups excluding carboxylic acids is 1. The van der Waals surface area contributed by atoms with Crippen LogP contribution in [0.4, 0.5) is 10.6 Å². The summed E-state index contributed by atoms with van der Waals surface area (Å²) in [6, 6.07) is 1.64. The van der Waals surface area contributed by atoms with Gasteiger partial charge in [-0.15, -0.1) is 0 Å². The molecule has 0 unspecified atom stereocenters. The van der Waals surface area contributed by atoms with Crippen LogP contribution in [0.3, 0.4) is 0 Å². The number of nitrogens with zero attached hydrogens (tertiary/aromatic N) is 3. The predicted octanol–water partition coefficient (Wildman–Crippen LogP) is 1.70. The lowest BCUT2D eigenvalue weighted by atomic mass is 10.2. The monoisotopic (exact) mass is 243 g/mol. The lowest BCUT2D eigenvalue weighted by Crippen LogP contribution is -2.45. The van der Waals surface area contributed by atoms with Crippen molar-refractivity contribution in [2.45, 2.75) is 13.3 Å². The number of amides is 2. The topological polar surface area (TPSA) is 73.9 Å². The van der Waals surface area contributed by atoms with Crippen LogP contribution in [0.25, 0.3) is 11.2 Å². The maximum Gasteiger partial charge on any atom is 0.327 e. The second-order valence-electron chi connectivity index (χ2n) is 4.28. The van der Waals surface area contributed by atoms with Crippen molar-refractivity contribution in [3.63, 3.8) is 0 Å². The molecule has 1 saturated heterocycles. The number of urea groups is 1. The molecule has 0 aliphatic carbocycles. The Bertz CT molecular complexity index is 645. The summed E-state index contributed by atoms with van der Waals surface area (Å²) in [4.78, 5) is 25.4. The van der Waals surface area contributed by atoms with Crippen molar-refractivity contribution in [3.05, 3.63) is 30.2 Å². The Kier molecular flexibility index (Phi) is 2.29. The van der Waals surface area contributed by atoms with E-state index >= 15 is 0 Å². The third kappa shape index (κ3) is 1.62. The third-order valence-corrected chi connectivity index (χ3v) is 2.96. The van der Waals surface area contributed by atoms with Crippen LogP contribution < -0.4 is 10.2 Å². The molecule has 6 nitrogen and oxygen atoms in total. The summed E-state index contributed by atoms with van der Waals surface area (Å²) in [5.74, 6) is 0.604. The minimum absolute atomic E-state index is 0.196. The number of hydrogen-bond donors (Lipinski definition) is 2. The molecule has 0 aromatic carbocycles. The van der Waals surface area contributed by atoms with Gasteiger partial charge in [-0.25, -0.2) is 14.8 Å². The number of hydrogen-bond acceptors (Lipinski definition) is 3. The van der Waals surface area contributed by atoms with Gasteiger partial charge in [0.25, 0.3) is 0 Å². The normalized spacial score (nSPS) is 16.2. The molecule has 0 bridgehead atoms. The molecular weight excluding hydrogens is 230 g/mol. The van der Waals surface area contributed by atoms with E-state index in [1.165, 1.54) is 0 Å². The Morgan fingerprint density at radius 2 is 2.28 bits per heavy atom. The van der Waals surface area contributed by atoms with Crippen molar-refractivity contribution in [1.82, 2.24) is 20.3 Å². The number of aromatic nitrogens is 3. The first-order valence-corrected chi connectivity index (χ1v) is 5.73. The van der Waals surface area contributed by atoms with E-state index in [4.69, 9.17) is 0 Å². The average molecular weight is 243 g/mol. The van der Waals surface area contributed by atoms with Crippen LogP contribution in [-0.4, -0.2) is 27.5 Å². The molecule has 3 heterocycles. The van der Waals surface area contributed by atoms with E-state index in [2.05, 4.69) is 26.8 Å². The molecular formula is C12H13N5O. The molecule has 2 N–H and O–H groups in total. The van der Waals surface area contributed by atoms with Gasteiger partial charge in [-0.1, -0.05) is 6.58 Å². The summed E-state index contributed by atoms with van der Waals surface area (Å²) < 4.78 is 0. The molecule has 18 heavy (non-hydrogen) atoms. The van der Waals surface area contributed by atoms with Crippen LogP contribution in [0.5, 0.6) is 0 Å². The van der Waals surface area contributed by atoms with E-state index in [1.54, 1.807) is 11.1 Å². The zero-order valence-electron chi connectivity index (χ0n) is 10.0. The summed E-state index contributed by atoms with van der Waals surface area (Å²) in [6.07, 6.45) is 2.50. The molecule has 1 aliphatic rings. The predicted molar refractivity (Wildman–Crippen MR) is 68.3 cm³/mol. The first-order chi connectivity index (χ1) is 8.65. The molecule has 3 rings (SSSR count). The minimum Gasteiger partial charge on any atom is -0.345 e. The SMILES string of the molecule is C=C1CCN(c2nc3cc[nH]c3nc2C)C(=O)N1. The van der Waals surface area contributed by atoms with E-state index < -0.39 is 0 Å². The number of fused-ring (bicyclic) bond motifs is 1. The highest BCUT2D eigenvalue weighted by atomic mass is 16.2. The van der Waals surface area contributed by atoms with Crippen molar-refractivity contribution in [3.8, 4) is 0 Å². The maximum absolute atomic E-state index is 11.9. The van der Waals surface area contributed by atoms with Crippen LogP contribution in [0, 0.1) is 6.92 Å². The van der Waals surface area contributed by atoms with E-state index in [0.29, 0.717) is 12.4 Å². The summed E-state index contributed by atoms with van der Waals surface area (Å²) >= 11 is 0. The van der Waals surface area contributed by atoms with Gasteiger partial charge < -0.3 is 10.3 Å². The number of aryl methyl sites for hydroxylation is 1. The van der Waals surface area contributed by atoms with Crippen LogP contribution in [-0.2, 0) is 0 Å². The lowest BCUT2D eigenvalue weighted by Gasteiger charge is -2.28. The van der Waals surface area contributed by atoms with Crippen molar-refractivity contribution < 1.29 is 4.79 Å². The fraction of sp³-hybridized carbons (Fsp3) is 0.250. The van der Waals surface area contributed by atoms with Gasteiger partial charge in [0, 0.05) is 24.9 Å². The number of anilines is 1. The molecule has 1 fully saturated rings. The average Bonchev–Trinajstić information content (AvgIpc) is 2.75. The highest BCUT2D eigenvalue weighted by molar-refractivity contribution is 5.94. The van der Waals surface area contributed by atoms with Crippen LogP contribution in [0.15, 0.2) is 24.5 Å². The van der Waals surface area contributed by atoms with Crippen molar-refractivity contribution in [2.75, 3.05) is 11.4 Å². The molecule has 2 aromatic rings. The number of aromatic amines is 1. The Balaban J connectivity index is 2.05. The molecule has 0 atom stereocenters. The van der Waals surface area contributed by atoms with Gasteiger partial charge in [-0.2, -0.15) is 0 Å². The summed E-state index contributed by atoms with van der Waals surface area (Å²) in [6.45, 7) is 6.18. The second-order valence-corrected chi connectivity index (χ2v) is 4.28. The van der Waals surface area contributed by atoms with Gasteiger partial charge in [0.1, 0.15) is 5.52 Å². The number of carbonyl (C=O) groups is 1. The van der Waals surface area contributed by atoms with Crippen molar-refractivity contribution in [1.29, 1.82) is 0 Å². The smallest absolute Gasteiger partial charge is 0.327 e. The quantitative estimate of drug-likeness (QED) is 0.800. The van der Waals surface area contributed by atoms with Crippen molar-refractivity contribution >= 4 is 23.0 Å². The second kappa shape index (κ2) is 3.83. The lowest BCUT2D eigenvalue weighted by molar-refractivity contribution is 0.246. The largest absolute Gasteiger partial charge is 0.345 e. The van der Waals surface area contributed by atoms with Crippen LogP contribution in [0.1, 0.15) is 12.1 Å². The van der Waals surface area contributed by atoms with Gasteiger partial charge in [0.15, 0.2) is 11.5 Å². The number of rotatable bonds is 1. The zero-order chi connectivity index (χ0) is 12.7. The molecule has 6 heteroatoms. The van der Waals surface area contributed by atoms with E-state index in [-0.39, 0.29) is 6.03 Å². The Labute approximate surface area is 104 Å². The standard InChI is InChI=1S/C12H13N5O/c1-7-4-6-17(12(18)14-7)11-8(2)15-10-9(16-11)3-5-13-10/h3,5H,1,4,6H2,2H3,(H,13,15)(H,14,18). The van der Waals surface area contributed by atoms with Gasteiger partial charge >= 0.3 is 6.03 Å².